The predicted octanol–water partition coefficient (Wildman–Crippen LogP) is 1.85. The molecule has 2 heterocycles. The molecule has 132 valence electrons. The zero-order chi connectivity index (χ0) is 17.5. The molecule has 1 saturated heterocycles. The van der Waals surface area contributed by atoms with Gasteiger partial charge in [-0.05, 0) is 24.3 Å². The molecule has 3 rings (SSSR count). The van der Waals surface area contributed by atoms with Crippen molar-refractivity contribution < 1.29 is 14.3 Å². The number of furan rings is 1. The minimum Gasteiger partial charge on any atom is -0.467 e. The zero-order valence-electron chi connectivity index (χ0n) is 14.2. The van der Waals surface area contributed by atoms with Crippen molar-refractivity contribution in [1.82, 2.24) is 4.90 Å². The fourth-order valence-electron chi connectivity index (χ4n) is 3.06. The van der Waals surface area contributed by atoms with Gasteiger partial charge < -0.3 is 19.2 Å². The van der Waals surface area contributed by atoms with Crippen LogP contribution in [0, 0.1) is 11.3 Å². The molecule has 1 fully saturated rings. The summed E-state index contributed by atoms with van der Waals surface area (Å²) >= 11 is 0. The average Bonchev–Trinajstić information content (AvgIpc) is 3.16. The van der Waals surface area contributed by atoms with Crippen LogP contribution in [0.2, 0.25) is 0 Å². The Labute approximate surface area is 147 Å². The Bertz CT molecular complexity index is 688. The van der Waals surface area contributed by atoms with E-state index in [9.17, 15) is 10.4 Å². The van der Waals surface area contributed by atoms with Crippen LogP contribution < -0.4 is 4.90 Å². The standard InChI is InChI=1S/C19H23N3O3/c20-12-16-4-1-2-6-19(16)22-9-7-21(8-10-22)13-17(23)14-24-15-18-5-3-11-25-18/h1-6,11,17,23H,7-10,13-15H2. The summed E-state index contributed by atoms with van der Waals surface area (Å²) in [5.41, 5.74) is 1.70. The maximum absolute atomic E-state index is 10.1. The highest BCUT2D eigenvalue weighted by Gasteiger charge is 2.21. The van der Waals surface area contributed by atoms with Crippen molar-refractivity contribution in [2.24, 2.45) is 0 Å². The van der Waals surface area contributed by atoms with Crippen LogP contribution in [0.15, 0.2) is 47.1 Å². The molecule has 0 spiro atoms. The lowest BCUT2D eigenvalue weighted by Gasteiger charge is -2.37. The number of anilines is 1. The molecule has 1 aromatic heterocycles. The number of aliphatic hydroxyl groups excluding tert-OH is 1. The lowest BCUT2D eigenvalue weighted by atomic mass is 10.1. The van der Waals surface area contributed by atoms with Crippen LogP contribution in [0.5, 0.6) is 0 Å². The Balaban J connectivity index is 1.41. The zero-order valence-corrected chi connectivity index (χ0v) is 14.2. The van der Waals surface area contributed by atoms with E-state index in [1.54, 1.807) is 6.26 Å². The van der Waals surface area contributed by atoms with E-state index >= 15 is 0 Å². The minimum absolute atomic E-state index is 0.290. The summed E-state index contributed by atoms with van der Waals surface area (Å²) in [5, 5.41) is 19.4. The van der Waals surface area contributed by atoms with Gasteiger partial charge in [0.1, 0.15) is 18.4 Å². The van der Waals surface area contributed by atoms with Crippen molar-refractivity contribution in [2.75, 3.05) is 44.2 Å². The number of nitrogens with zero attached hydrogens (tertiary/aromatic N) is 3. The van der Waals surface area contributed by atoms with E-state index in [1.807, 2.05) is 36.4 Å². The molecule has 1 aromatic carbocycles. The van der Waals surface area contributed by atoms with Gasteiger partial charge in [-0.15, -0.1) is 0 Å². The third kappa shape index (κ3) is 4.83. The van der Waals surface area contributed by atoms with Crippen molar-refractivity contribution in [3.8, 4) is 6.07 Å². The van der Waals surface area contributed by atoms with Gasteiger partial charge in [-0.3, -0.25) is 4.90 Å². The van der Waals surface area contributed by atoms with E-state index in [1.165, 1.54) is 0 Å². The molecule has 1 atom stereocenters. The number of rotatable bonds is 7. The largest absolute Gasteiger partial charge is 0.467 e. The first-order valence-corrected chi connectivity index (χ1v) is 8.51. The summed E-state index contributed by atoms with van der Waals surface area (Å²) in [7, 11) is 0. The number of hydrogen-bond donors (Lipinski definition) is 1. The summed E-state index contributed by atoms with van der Waals surface area (Å²) in [6, 6.07) is 13.6. The van der Waals surface area contributed by atoms with Gasteiger partial charge in [0.05, 0.1) is 30.2 Å². The molecule has 6 nitrogen and oxygen atoms in total. The van der Waals surface area contributed by atoms with Crippen molar-refractivity contribution >= 4 is 5.69 Å². The predicted molar refractivity (Wildman–Crippen MR) is 94.2 cm³/mol. The van der Waals surface area contributed by atoms with E-state index in [0.29, 0.717) is 18.7 Å². The van der Waals surface area contributed by atoms with Gasteiger partial charge in [0.2, 0.25) is 0 Å². The minimum atomic E-state index is -0.520. The summed E-state index contributed by atoms with van der Waals surface area (Å²) < 4.78 is 10.7. The third-order valence-electron chi connectivity index (χ3n) is 4.34. The van der Waals surface area contributed by atoms with Crippen molar-refractivity contribution in [3.05, 3.63) is 54.0 Å². The van der Waals surface area contributed by atoms with Crippen LogP contribution in [0.4, 0.5) is 5.69 Å². The first kappa shape index (κ1) is 17.5. The van der Waals surface area contributed by atoms with E-state index in [0.717, 1.165) is 37.6 Å². The fraction of sp³-hybridized carbons (Fsp3) is 0.421. The maximum atomic E-state index is 10.1. The number of hydrogen-bond acceptors (Lipinski definition) is 6. The van der Waals surface area contributed by atoms with E-state index in [-0.39, 0.29) is 6.61 Å². The quantitative estimate of drug-likeness (QED) is 0.829. The van der Waals surface area contributed by atoms with Gasteiger partial charge in [-0.2, -0.15) is 5.26 Å². The van der Waals surface area contributed by atoms with Crippen LogP contribution in [0.1, 0.15) is 11.3 Å². The maximum Gasteiger partial charge on any atom is 0.129 e. The number of nitriles is 1. The lowest BCUT2D eigenvalue weighted by molar-refractivity contribution is 0.00441. The Hall–Kier alpha value is -2.33. The van der Waals surface area contributed by atoms with Crippen LogP contribution in [-0.2, 0) is 11.3 Å². The lowest BCUT2D eigenvalue weighted by Crippen LogP contribution is -2.49. The first-order valence-electron chi connectivity index (χ1n) is 8.51. The highest BCUT2D eigenvalue weighted by atomic mass is 16.5. The summed E-state index contributed by atoms with van der Waals surface area (Å²) in [6.07, 6.45) is 1.09. The normalized spacial score (nSPS) is 16.6. The average molecular weight is 341 g/mol. The van der Waals surface area contributed by atoms with E-state index in [2.05, 4.69) is 15.9 Å². The van der Waals surface area contributed by atoms with Gasteiger partial charge in [-0.1, -0.05) is 12.1 Å². The number of β-amino-alcohol motifs (C(OH)–C–C–N with tert-alkyl or cyclic N) is 1. The molecule has 0 aliphatic carbocycles. The van der Waals surface area contributed by atoms with Crippen LogP contribution in [-0.4, -0.2) is 55.4 Å². The first-order chi connectivity index (χ1) is 12.3. The molecule has 1 unspecified atom stereocenters. The molecule has 1 aliphatic rings. The smallest absolute Gasteiger partial charge is 0.129 e. The molecule has 1 aliphatic heterocycles. The van der Waals surface area contributed by atoms with Gasteiger partial charge in [0.15, 0.2) is 0 Å². The van der Waals surface area contributed by atoms with E-state index in [4.69, 9.17) is 9.15 Å². The second-order valence-electron chi connectivity index (χ2n) is 6.16. The molecule has 25 heavy (non-hydrogen) atoms. The fourth-order valence-corrected chi connectivity index (χ4v) is 3.06. The molecule has 0 bridgehead atoms. The summed E-state index contributed by atoms with van der Waals surface area (Å²) in [6.45, 7) is 4.66. The topological polar surface area (TPSA) is 72.9 Å². The Morgan fingerprint density at radius 1 is 1.16 bits per heavy atom. The number of benzene rings is 1. The summed E-state index contributed by atoms with van der Waals surface area (Å²) in [5.74, 6) is 0.761. The SMILES string of the molecule is N#Cc1ccccc1N1CCN(CC(O)COCc2ccco2)CC1. The number of ether oxygens (including phenoxy) is 1. The van der Waals surface area contributed by atoms with Crippen LogP contribution in [0.25, 0.3) is 0 Å². The Kier molecular flexibility index (Phi) is 6.07. The van der Waals surface area contributed by atoms with Gasteiger partial charge in [-0.25, -0.2) is 0 Å². The molecular weight excluding hydrogens is 318 g/mol. The molecule has 2 aromatic rings. The van der Waals surface area contributed by atoms with Crippen molar-refractivity contribution in [3.63, 3.8) is 0 Å². The van der Waals surface area contributed by atoms with Gasteiger partial charge >= 0.3 is 0 Å². The number of piperazine rings is 1. The second kappa shape index (κ2) is 8.67. The number of para-hydroxylation sites is 1. The molecule has 0 amide bonds. The van der Waals surface area contributed by atoms with Crippen molar-refractivity contribution in [1.29, 1.82) is 5.26 Å². The molecule has 1 N–H and O–H groups in total. The highest BCUT2D eigenvalue weighted by molar-refractivity contribution is 5.59. The summed E-state index contributed by atoms with van der Waals surface area (Å²) in [4.78, 5) is 4.46. The van der Waals surface area contributed by atoms with Gasteiger partial charge in [0.25, 0.3) is 0 Å². The molecular formula is C19H23N3O3. The molecule has 0 saturated carbocycles. The van der Waals surface area contributed by atoms with Gasteiger partial charge in [0, 0.05) is 32.7 Å². The van der Waals surface area contributed by atoms with Crippen LogP contribution >= 0.6 is 0 Å². The highest BCUT2D eigenvalue weighted by Crippen LogP contribution is 2.21. The van der Waals surface area contributed by atoms with E-state index < -0.39 is 6.10 Å². The monoisotopic (exact) mass is 341 g/mol. The van der Waals surface area contributed by atoms with Crippen LogP contribution in [0.3, 0.4) is 0 Å². The number of aliphatic hydroxyl groups is 1. The molecule has 0 radical (unpaired) electrons. The Morgan fingerprint density at radius 2 is 1.96 bits per heavy atom. The van der Waals surface area contributed by atoms with Crippen molar-refractivity contribution in [2.45, 2.75) is 12.7 Å². The second-order valence-corrected chi connectivity index (χ2v) is 6.16. The third-order valence-corrected chi connectivity index (χ3v) is 4.34. The molecule has 6 heteroatoms. The Morgan fingerprint density at radius 3 is 2.68 bits per heavy atom.